The molecule has 0 spiro atoms. The quantitative estimate of drug-likeness (QED) is 0.134. The SMILES string of the molecule is Cc1ccc2c(c1)c1cc3c(cc4c5c[c-]ccc5c5c(C)c(C)cc3c45)c3cc(C)c(C)c2c31.[Y]. The minimum Gasteiger partial charge on any atom is -0.183 e. The number of hydrogen-bond donors (Lipinski definition) is 0. The maximum absolute atomic E-state index is 3.35. The number of benzene rings is 6. The molecule has 0 amide bonds. The average Bonchev–Trinajstić information content (AvgIpc) is 3.35. The molecular formula is C35H25Y-. The number of fused-ring (bicyclic) bond motifs is 9. The molecule has 169 valence electrons. The van der Waals surface area contributed by atoms with E-state index in [0.29, 0.717) is 0 Å². The summed E-state index contributed by atoms with van der Waals surface area (Å²) < 4.78 is 0. The van der Waals surface area contributed by atoms with E-state index in [-0.39, 0.29) is 32.7 Å². The standard InChI is InChI=1S/C35H25.Y/c1-17-10-11-24-25(12-17)31-16-27-26(29-14-19(3)21(5)33(24)35(29)31)15-30-22-8-6-7-9-23(22)32-20(4)18(2)13-28(27)34(30)32;/h7-16H,1-5H3;/q-1;. The van der Waals surface area contributed by atoms with Crippen molar-refractivity contribution >= 4 is 75.4 Å². The van der Waals surface area contributed by atoms with E-state index in [1.165, 1.54) is 103 Å². The van der Waals surface area contributed by atoms with Gasteiger partial charge in [-0.2, -0.15) is 24.3 Å². The molecule has 8 aromatic rings. The van der Waals surface area contributed by atoms with Crippen molar-refractivity contribution in [2.75, 3.05) is 0 Å². The molecule has 0 aliphatic rings. The zero-order valence-electron chi connectivity index (χ0n) is 21.4. The van der Waals surface area contributed by atoms with Gasteiger partial charge < -0.3 is 0 Å². The Morgan fingerprint density at radius 1 is 0.444 bits per heavy atom. The number of hydrogen-bond acceptors (Lipinski definition) is 0. The van der Waals surface area contributed by atoms with Crippen LogP contribution in [0.1, 0.15) is 27.8 Å². The molecule has 1 radical (unpaired) electrons. The summed E-state index contributed by atoms with van der Waals surface area (Å²) in [7, 11) is 0. The van der Waals surface area contributed by atoms with Crippen LogP contribution < -0.4 is 0 Å². The summed E-state index contributed by atoms with van der Waals surface area (Å²) in [6, 6.07) is 26.6. The third-order valence-electron chi connectivity index (χ3n) is 8.84. The summed E-state index contributed by atoms with van der Waals surface area (Å²) in [6.45, 7) is 11.3. The fourth-order valence-corrected chi connectivity index (χ4v) is 6.92. The van der Waals surface area contributed by atoms with Crippen LogP contribution >= 0.6 is 0 Å². The molecule has 0 bridgehead atoms. The van der Waals surface area contributed by atoms with Crippen LogP contribution in [0.15, 0.2) is 60.7 Å². The Hall–Kier alpha value is -2.80. The molecule has 36 heavy (non-hydrogen) atoms. The van der Waals surface area contributed by atoms with Crippen molar-refractivity contribution in [3.63, 3.8) is 0 Å². The summed E-state index contributed by atoms with van der Waals surface area (Å²) in [4.78, 5) is 0. The van der Waals surface area contributed by atoms with Gasteiger partial charge in [-0.05, 0) is 122 Å². The first-order valence-corrected chi connectivity index (χ1v) is 12.5. The van der Waals surface area contributed by atoms with Gasteiger partial charge in [0.15, 0.2) is 0 Å². The van der Waals surface area contributed by atoms with Gasteiger partial charge in [0.1, 0.15) is 0 Å². The molecular weight excluding hydrogens is 509 g/mol. The van der Waals surface area contributed by atoms with Crippen LogP contribution in [-0.4, -0.2) is 0 Å². The molecule has 1 heteroatoms. The van der Waals surface area contributed by atoms with E-state index in [4.69, 9.17) is 0 Å². The summed E-state index contributed by atoms with van der Waals surface area (Å²) >= 11 is 0. The summed E-state index contributed by atoms with van der Waals surface area (Å²) in [6.07, 6.45) is 0. The molecule has 0 fully saturated rings. The van der Waals surface area contributed by atoms with Crippen LogP contribution in [0.4, 0.5) is 0 Å². The second kappa shape index (κ2) is 7.38. The molecule has 0 aromatic heterocycles. The Bertz CT molecular complexity index is 2200. The van der Waals surface area contributed by atoms with Gasteiger partial charge in [0.05, 0.1) is 0 Å². The van der Waals surface area contributed by atoms with Crippen LogP contribution in [-0.2, 0) is 32.7 Å². The van der Waals surface area contributed by atoms with E-state index >= 15 is 0 Å². The Kier molecular flexibility index (Phi) is 4.59. The monoisotopic (exact) mass is 534 g/mol. The Morgan fingerprint density at radius 3 is 1.56 bits per heavy atom. The molecule has 0 nitrogen and oxygen atoms in total. The van der Waals surface area contributed by atoms with Gasteiger partial charge in [-0.15, -0.1) is 10.8 Å². The van der Waals surface area contributed by atoms with Gasteiger partial charge in [-0.1, -0.05) is 47.3 Å². The molecule has 0 heterocycles. The summed E-state index contributed by atoms with van der Waals surface area (Å²) in [5, 5.41) is 19.4. The van der Waals surface area contributed by atoms with Crippen LogP contribution in [0.5, 0.6) is 0 Å². The second-order valence-corrected chi connectivity index (χ2v) is 10.7. The molecule has 8 rings (SSSR count). The molecule has 0 unspecified atom stereocenters. The van der Waals surface area contributed by atoms with Gasteiger partial charge in [0, 0.05) is 32.7 Å². The van der Waals surface area contributed by atoms with Crippen LogP contribution in [0, 0.1) is 40.7 Å². The predicted octanol–water partition coefficient (Wildman–Crippen LogP) is 9.97. The van der Waals surface area contributed by atoms with Crippen LogP contribution in [0.3, 0.4) is 0 Å². The first-order valence-electron chi connectivity index (χ1n) is 12.5. The van der Waals surface area contributed by atoms with E-state index in [1.54, 1.807) is 0 Å². The molecule has 0 aliphatic carbocycles. The first kappa shape index (κ1) is 22.4. The van der Waals surface area contributed by atoms with Crippen molar-refractivity contribution in [3.8, 4) is 0 Å². The molecule has 0 N–H and O–H groups in total. The number of rotatable bonds is 0. The topological polar surface area (TPSA) is 0 Å². The third kappa shape index (κ3) is 2.57. The van der Waals surface area contributed by atoms with Crippen molar-refractivity contribution in [1.29, 1.82) is 0 Å². The van der Waals surface area contributed by atoms with Gasteiger partial charge >= 0.3 is 0 Å². The summed E-state index contributed by atoms with van der Waals surface area (Å²) in [5.74, 6) is 0. The largest absolute Gasteiger partial charge is 0.183 e. The fourth-order valence-electron chi connectivity index (χ4n) is 6.92. The van der Waals surface area contributed by atoms with E-state index in [0.717, 1.165) is 0 Å². The maximum atomic E-state index is 3.35. The van der Waals surface area contributed by atoms with Gasteiger partial charge in [0.2, 0.25) is 0 Å². The average molecular weight is 534 g/mol. The number of aryl methyl sites for hydroxylation is 5. The van der Waals surface area contributed by atoms with Crippen molar-refractivity contribution < 1.29 is 32.7 Å². The molecule has 0 atom stereocenters. The zero-order valence-corrected chi connectivity index (χ0v) is 24.2. The maximum Gasteiger partial charge on any atom is 0 e. The van der Waals surface area contributed by atoms with Gasteiger partial charge in [-0.25, -0.2) is 0 Å². The van der Waals surface area contributed by atoms with Crippen molar-refractivity contribution in [1.82, 2.24) is 0 Å². The van der Waals surface area contributed by atoms with E-state index < -0.39 is 0 Å². The second-order valence-electron chi connectivity index (χ2n) is 10.7. The molecule has 0 saturated carbocycles. The van der Waals surface area contributed by atoms with Gasteiger partial charge in [0.25, 0.3) is 0 Å². The van der Waals surface area contributed by atoms with E-state index in [1.807, 2.05) is 0 Å². The fraction of sp³-hybridized carbons (Fsp3) is 0.143. The zero-order chi connectivity index (χ0) is 23.7. The van der Waals surface area contributed by atoms with Crippen molar-refractivity contribution in [2.45, 2.75) is 34.6 Å². The van der Waals surface area contributed by atoms with Crippen LogP contribution in [0.2, 0.25) is 0 Å². The Labute approximate surface area is 235 Å². The minimum atomic E-state index is 0. The molecule has 0 aliphatic heterocycles. The molecule has 8 aromatic carbocycles. The normalized spacial score (nSPS) is 12.4. The first-order chi connectivity index (χ1) is 16.9. The summed E-state index contributed by atoms with van der Waals surface area (Å²) in [5.41, 5.74) is 6.84. The minimum absolute atomic E-state index is 0. The Balaban J connectivity index is 0.00000220. The van der Waals surface area contributed by atoms with E-state index in [9.17, 15) is 0 Å². The Morgan fingerprint density at radius 2 is 0.944 bits per heavy atom. The van der Waals surface area contributed by atoms with Crippen molar-refractivity contribution in [3.05, 3.63) is 94.5 Å². The van der Waals surface area contributed by atoms with Crippen molar-refractivity contribution in [2.24, 2.45) is 0 Å². The van der Waals surface area contributed by atoms with E-state index in [2.05, 4.69) is 101 Å². The van der Waals surface area contributed by atoms with Gasteiger partial charge in [-0.3, -0.25) is 0 Å². The smallest absolute Gasteiger partial charge is 0 e. The van der Waals surface area contributed by atoms with Crippen LogP contribution in [0.25, 0.3) is 75.4 Å². The predicted molar refractivity (Wildman–Crippen MR) is 154 cm³/mol. The molecule has 0 saturated heterocycles. The third-order valence-corrected chi connectivity index (χ3v) is 8.84.